The molecule has 1 aromatic heterocycles. The van der Waals surface area contributed by atoms with Crippen molar-refractivity contribution in [1.29, 1.82) is 0 Å². The molecule has 0 saturated carbocycles. The zero-order valence-corrected chi connectivity index (χ0v) is 7.47. The lowest BCUT2D eigenvalue weighted by atomic mass is 10.1. The predicted octanol–water partition coefficient (Wildman–Crippen LogP) is 1.54. The second-order valence-corrected chi connectivity index (χ2v) is 2.86. The van der Waals surface area contributed by atoms with E-state index in [9.17, 15) is 14.9 Å². The molecular weight excluding hydrogens is 200 g/mol. The molecule has 1 heterocycles. The van der Waals surface area contributed by atoms with Crippen molar-refractivity contribution in [2.24, 2.45) is 0 Å². The molecular formula is C9H6N2O4. The summed E-state index contributed by atoms with van der Waals surface area (Å²) in [5.41, 5.74) is -0.0154. The van der Waals surface area contributed by atoms with E-state index in [1.807, 2.05) is 0 Å². The average Bonchev–Trinajstić information content (AvgIpc) is 2.65. The summed E-state index contributed by atoms with van der Waals surface area (Å²) >= 11 is 0. The summed E-state index contributed by atoms with van der Waals surface area (Å²) in [6, 6.07) is 7.27. The maximum absolute atomic E-state index is 10.8. The second kappa shape index (κ2) is 3.41. The summed E-state index contributed by atoms with van der Waals surface area (Å²) in [6.07, 6.45) is 0. The number of benzene rings is 1. The molecule has 0 atom stereocenters. The Kier molecular flexibility index (Phi) is 2.09. The van der Waals surface area contributed by atoms with Crippen molar-refractivity contribution in [3.63, 3.8) is 0 Å². The van der Waals surface area contributed by atoms with Crippen molar-refractivity contribution in [3.05, 3.63) is 50.9 Å². The van der Waals surface area contributed by atoms with Crippen molar-refractivity contribution >= 4 is 5.69 Å². The van der Waals surface area contributed by atoms with E-state index >= 15 is 0 Å². The summed E-state index contributed by atoms with van der Waals surface area (Å²) in [5.74, 6) is 0. The highest BCUT2D eigenvalue weighted by molar-refractivity contribution is 5.69. The smallest absolute Gasteiger partial charge is 0.339 e. The van der Waals surface area contributed by atoms with Crippen LogP contribution < -0.4 is 5.63 Å². The van der Waals surface area contributed by atoms with Crippen molar-refractivity contribution in [3.8, 4) is 11.3 Å². The molecule has 2 rings (SSSR count). The van der Waals surface area contributed by atoms with E-state index in [1.54, 1.807) is 18.2 Å². The standard InChI is InChI=1S/C9H6N2O4/c12-9-5-7(10-15-9)6-3-1-2-4-8(6)11(13)14/h1-5,10H. The van der Waals surface area contributed by atoms with Gasteiger partial charge in [0.1, 0.15) is 0 Å². The number of nitro groups is 1. The lowest BCUT2D eigenvalue weighted by Crippen LogP contribution is -1.91. The number of nitro benzene ring substituents is 1. The number of aromatic nitrogens is 1. The molecule has 0 unspecified atom stereocenters. The molecule has 0 bridgehead atoms. The van der Waals surface area contributed by atoms with E-state index in [0.29, 0.717) is 11.3 Å². The van der Waals surface area contributed by atoms with Crippen molar-refractivity contribution < 1.29 is 9.45 Å². The molecule has 0 spiro atoms. The molecule has 6 heteroatoms. The Morgan fingerprint density at radius 3 is 2.67 bits per heavy atom. The van der Waals surface area contributed by atoms with Crippen LogP contribution in [0.3, 0.4) is 0 Å². The third-order valence-electron chi connectivity index (χ3n) is 1.91. The average molecular weight is 206 g/mol. The molecule has 0 aliphatic carbocycles. The summed E-state index contributed by atoms with van der Waals surface area (Å²) in [7, 11) is 0. The molecule has 0 amide bonds. The van der Waals surface area contributed by atoms with Gasteiger partial charge in [-0.15, -0.1) is 0 Å². The second-order valence-electron chi connectivity index (χ2n) is 2.86. The minimum atomic E-state index is -0.567. The van der Waals surface area contributed by atoms with E-state index in [1.165, 1.54) is 12.1 Å². The zero-order chi connectivity index (χ0) is 10.8. The van der Waals surface area contributed by atoms with E-state index < -0.39 is 10.5 Å². The van der Waals surface area contributed by atoms with Gasteiger partial charge in [-0.05, 0) is 6.07 Å². The van der Waals surface area contributed by atoms with Crippen molar-refractivity contribution in [2.75, 3.05) is 0 Å². The molecule has 1 N–H and O–H groups in total. The van der Waals surface area contributed by atoms with E-state index in [0.717, 1.165) is 0 Å². The third kappa shape index (κ3) is 1.64. The third-order valence-corrected chi connectivity index (χ3v) is 1.91. The highest BCUT2D eigenvalue weighted by atomic mass is 16.6. The fraction of sp³-hybridized carbons (Fsp3) is 0. The van der Waals surface area contributed by atoms with Gasteiger partial charge in [-0.3, -0.25) is 10.1 Å². The largest absolute Gasteiger partial charge is 0.357 e. The molecule has 0 radical (unpaired) electrons. The minimum absolute atomic E-state index is 0.0745. The van der Waals surface area contributed by atoms with Gasteiger partial charge in [0.2, 0.25) is 0 Å². The lowest BCUT2D eigenvalue weighted by Gasteiger charge is -1.97. The zero-order valence-electron chi connectivity index (χ0n) is 7.47. The van der Waals surface area contributed by atoms with E-state index in [2.05, 4.69) is 9.68 Å². The van der Waals surface area contributed by atoms with E-state index in [4.69, 9.17) is 0 Å². The van der Waals surface area contributed by atoms with Crippen LogP contribution in [0.25, 0.3) is 11.3 Å². The van der Waals surface area contributed by atoms with Crippen LogP contribution >= 0.6 is 0 Å². The van der Waals surface area contributed by atoms with Gasteiger partial charge in [0.15, 0.2) is 0 Å². The number of hydrogen-bond donors (Lipinski definition) is 1. The first-order valence-electron chi connectivity index (χ1n) is 4.11. The maximum atomic E-state index is 10.8. The maximum Gasteiger partial charge on any atom is 0.357 e. The first kappa shape index (κ1) is 9.20. The van der Waals surface area contributed by atoms with Gasteiger partial charge in [0.05, 0.1) is 22.2 Å². The Hall–Kier alpha value is -2.37. The minimum Gasteiger partial charge on any atom is -0.339 e. The monoisotopic (exact) mass is 206 g/mol. The number of rotatable bonds is 2. The quantitative estimate of drug-likeness (QED) is 0.596. The Morgan fingerprint density at radius 1 is 1.33 bits per heavy atom. The van der Waals surface area contributed by atoms with Crippen molar-refractivity contribution in [1.82, 2.24) is 5.16 Å². The Bertz CT molecular complexity index is 555. The van der Waals surface area contributed by atoms with Crippen LogP contribution in [0.4, 0.5) is 5.69 Å². The van der Waals surface area contributed by atoms with Gasteiger partial charge in [-0.1, -0.05) is 12.1 Å². The molecule has 0 saturated heterocycles. The summed E-state index contributed by atoms with van der Waals surface area (Å²) in [5, 5.41) is 13.0. The Labute approximate surface area is 83.3 Å². The van der Waals surface area contributed by atoms with Crippen LogP contribution in [0, 0.1) is 10.1 Å². The van der Waals surface area contributed by atoms with Gasteiger partial charge in [-0.2, -0.15) is 0 Å². The molecule has 2 aromatic rings. The Balaban J connectivity index is 2.62. The number of para-hydroxylation sites is 1. The van der Waals surface area contributed by atoms with Crippen LogP contribution in [0.1, 0.15) is 0 Å². The summed E-state index contributed by atoms with van der Waals surface area (Å²) in [4.78, 5) is 20.9. The van der Waals surface area contributed by atoms with Crippen LogP contribution in [-0.4, -0.2) is 10.1 Å². The molecule has 0 aliphatic heterocycles. The fourth-order valence-corrected chi connectivity index (χ4v) is 1.28. The van der Waals surface area contributed by atoms with Crippen LogP contribution in [0.5, 0.6) is 0 Å². The first-order chi connectivity index (χ1) is 7.18. The van der Waals surface area contributed by atoms with Gasteiger partial charge in [-0.25, -0.2) is 9.95 Å². The van der Waals surface area contributed by atoms with E-state index in [-0.39, 0.29) is 5.69 Å². The molecule has 0 aliphatic rings. The number of nitrogens with one attached hydrogen (secondary N) is 1. The normalized spacial score (nSPS) is 10.1. The summed E-state index contributed by atoms with van der Waals surface area (Å²) < 4.78 is 4.45. The number of nitrogens with zero attached hydrogens (tertiary/aromatic N) is 1. The van der Waals surface area contributed by atoms with Crippen LogP contribution in [0.2, 0.25) is 0 Å². The number of hydrogen-bond acceptors (Lipinski definition) is 4. The highest BCUT2D eigenvalue weighted by Crippen LogP contribution is 2.26. The van der Waals surface area contributed by atoms with Crippen LogP contribution in [0.15, 0.2) is 39.6 Å². The fourth-order valence-electron chi connectivity index (χ4n) is 1.28. The van der Waals surface area contributed by atoms with Crippen molar-refractivity contribution in [2.45, 2.75) is 0 Å². The number of aromatic amines is 1. The lowest BCUT2D eigenvalue weighted by molar-refractivity contribution is -0.384. The predicted molar refractivity (Wildman–Crippen MR) is 51.4 cm³/mol. The molecule has 76 valence electrons. The first-order valence-corrected chi connectivity index (χ1v) is 4.11. The van der Waals surface area contributed by atoms with Gasteiger partial charge in [0.25, 0.3) is 5.69 Å². The highest BCUT2D eigenvalue weighted by Gasteiger charge is 2.15. The molecule has 15 heavy (non-hydrogen) atoms. The Morgan fingerprint density at radius 2 is 2.07 bits per heavy atom. The summed E-state index contributed by atoms with van der Waals surface area (Å²) in [6.45, 7) is 0. The molecule has 1 aromatic carbocycles. The van der Waals surface area contributed by atoms with Gasteiger partial charge in [0, 0.05) is 6.07 Å². The van der Waals surface area contributed by atoms with Crippen LogP contribution in [-0.2, 0) is 0 Å². The SMILES string of the molecule is O=c1cc(-c2ccccc2[N+](=O)[O-])[nH]o1. The molecule has 6 nitrogen and oxygen atoms in total. The van der Waals surface area contributed by atoms with Gasteiger partial charge < -0.3 is 4.52 Å². The topological polar surface area (TPSA) is 89.1 Å². The number of H-pyrrole nitrogens is 1. The van der Waals surface area contributed by atoms with Gasteiger partial charge >= 0.3 is 5.63 Å². The molecule has 0 fully saturated rings.